The molecule has 2 aromatic rings. The minimum absolute atomic E-state index is 0.123. The van der Waals surface area contributed by atoms with Crippen LogP contribution in [0.15, 0.2) is 48.5 Å². The van der Waals surface area contributed by atoms with Crippen molar-refractivity contribution in [2.45, 2.75) is 32.1 Å². The predicted molar refractivity (Wildman–Crippen MR) is 90.6 cm³/mol. The van der Waals surface area contributed by atoms with Gasteiger partial charge in [0.05, 0.1) is 5.92 Å². The van der Waals surface area contributed by atoms with E-state index in [9.17, 15) is 14.0 Å². The van der Waals surface area contributed by atoms with Gasteiger partial charge in [-0.25, -0.2) is 4.39 Å². The molecule has 4 nitrogen and oxygen atoms in total. The summed E-state index contributed by atoms with van der Waals surface area (Å²) in [4.78, 5) is 23.2. The Morgan fingerprint density at radius 2 is 1.75 bits per heavy atom. The second-order valence-corrected chi connectivity index (χ2v) is 5.89. The SMILES string of the molecule is CC(CC(=O)Nc1cccc(C(C)C(=O)O)c1)c1cccc(F)c1. The average Bonchev–Trinajstić information content (AvgIpc) is 2.54. The van der Waals surface area contributed by atoms with Gasteiger partial charge in [-0.3, -0.25) is 9.59 Å². The molecule has 0 aliphatic carbocycles. The Morgan fingerprint density at radius 1 is 1.08 bits per heavy atom. The minimum atomic E-state index is -0.918. The summed E-state index contributed by atoms with van der Waals surface area (Å²) in [5, 5.41) is 11.8. The summed E-state index contributed by atoms with van der Waals surface area (Å²) in [5.74, 6) is -2.21. The first-order valence-electron chi connectivity index (χ1n) is 7.75. The van der Waals surface area contributed by atoms with E-state index in [-0.39, 0.29) is 24.1 Å². The summed E-state index contributed by atoms with van der Waals surface area (Å²) in [6, 6.07) is 13.0. The zero-order valence-electron chi connectivity index (χ0n) is 13.6. The molecule has 2 aromatic carbocycles. The van der Waals surface area contributed by atoms with E-state index in [0.29, 0.717) is 11.3 Å². The number of hydrogen-bond donors (Lipinski definition) is 2. The van der Waals surface area contributed by atoms with Gasteiger partial charge in [0.15, 0.2) is 0 Å². The Hall–Kier alpha value is -2.69. The van der Waals surface area contributed by atoms with E-state index in [2.05, 4.69) is 5.32 Å². The number of aliphatic carboxylic acids is 1. The van der Waals surface area contributed by atoms with Gasteiger partial charge in [-0.1, -0.05) is 31.2 Å². The lowest BCUT2D eigenvalue weighted by Gasteiger charge is -2.13. The molecule has 0 spiro atoms. The van der Waals surface area contributed by atoms with Gasteiger partial charge >= 0.3 is 5.97 Å². The van der Waals surface area contributed by atoms with E-state index >= 15 is 0 Å². The molecule has 2 unspecified atom stereocenters. The molecule has 126 valence electrons. The van der Waals surface area contributed by atoms with Crippen LogP contribution in [0.1, 0.15) is 43.2 Å². The largest absolute Gasteiger partial charge is 0.481 e. The van der Waals surface area contributed by atoms with E-state index < -0.39 is 11.9 Å². The Kier molecular flexibility index (Phi) is 5.68. The van der Waals surface area contributed by atoms with Crippen LogP contribution in [0, 0.1) is 5.82 Å². The van der Waals surface area contributed by atoms with Gasteiger partial charge in [0.2, 0.25) is 5.91 Å². The first-order valence-corrected chi connectivity index (χ1v) is 7.75. The minimum Gasteiger partial charge on any atom is -0.481 e. The molecular weight excluding hydrogens is 309 g/mol. The fourth-order valence-corrected chi connectivity index (χ4v) is 2.45. The Balaban J connectivity index is 2.02. The molecule has 0 aliphatic heterocycles. The molecular formula is C19H20FNO3. The summed E-state index contributed by atoms with van der Waals surface area (Å²) >= 11 is 0. The van der Waals surface area contributed by atoms with Crippen molar-refractivity contribution in [2.75, 3.05) is 5.32 Å². The fraction of sp³-hybridized carbons (Fsp3) is 0.263. The van der Waals surface area contributed by atoms with Crippen LogP contribution in [0.2, 0.25) is 0 Å². The first kappa shape index (κ1) is 17.7. The van der Waals surface area contributed by atoms with E-state index in [4.69, 9.17) is 5.11 Å². The van der Waals surface area contributed by atoms with Crippen LogP contribution in [-0.2, 0) is 9.59 Å². The van der Waals surface area contributed by atoms with Crippen LogP contribution >= 0.6 is 0 Å². The number of carboxylic acids is 1. The van der Waals surface area contributed by atoms with Crippen molar-refractivity contribution in [3.8, 4) is 0 Å². The molecule has 0 bridgehead atoms. The second kappa shape index (κ2) is 7.73. The van der Waals surface area contributed by atoms with E-state index in [1.54, 1.807) is 43.3 Å². The number of anilines is 1. The highest BCUT2D eigenvalue weighted by Gasteiger charge is 2.15. The lowest BCUT2D eigenvalue weighted by molar-refractivity contribution is -0.138. The third kappa shape index (κ3) is 4.65. The number of benzene rings is 2. The molecule has 1 amide bonds. The van der Waals surface area contributed by atoms with Crippen molar-refractivity contribution in [1.29, 1.82) is 0 Å². The number of amides is 1. The third-order valence-corrected chi connectivity index (χ3v) is 3.95. The summed E-state index contributed by atoms with van der Waals surface area (Å²) in [6.07, 6.45) is 0.210. The van der Waals surface area contributed by atoms with Gasteiger partial charge in [-0.05, 0) is 48.2 Å². The highest BCUT2D eigenvalue weighted by molar-refractivity contribution is 5.91. The van der Waals surface area contributed by atoms with E-state index in [0.717, 1.165) is 5.56 Å². The monoisotopic (exact) mass is 329 g/mol. The number of carbonyl (C=O) groups is 2. The molecule has 2 N–H and O–H groups in total. The molecule has 2 atom stereocenters. The van der Waals surface area contributed by atoms with Crippen molar-refractivity contribution in [3.05, 3.63) is 65.5 Å². The van der Waals surface area contributed by atoms with Crippen LogP contribution < -0.4 is 5.32 Å². The third-order valence-electron chi connectivity index (χ3n) is 3.95. The normalized spacial score (nSPS) is 13.1. The number of hydrogen-bond acceptors (Lipinski definition) is 2. The smallest absolute Gasteiger partial charge is 0.310 e. The van der Waals surface area contributed by atoms with Gasteiger partial charge in [-0.15, -0.1) is 0 Å². The molecule has 2 rings (SSSR count). The number of carboxylic acid groups (broad SMARTS) is 1. The number of halogens is 1. The van der Waals surface area contributed by atoms with Crippen LogP contribution in [0.5, 0.6) is 0 Å². The van der Waals surface area contributed by atoms with Gasteiger partial charge in [0.25, 0.3) is 0 Å². The lowest BCUT2D eigenvalue weighted by atomic mass is 9.97. The molecule has 0 aromatic heterocycles. The van der Waals surface area contributed by atoms with Gasteiger partial charge in [-0.2, -0.15) is 0 Å². The zero-order chi connectivity index (χ0) is 17.7. The molecule has 24 heavy (non-hydrogen) atoms. The van der Waals surface area contributed by atoms with Gasteiger partial charge < -0.3 is 10.4 Å². The molecule has 0 heterocycles. The molecule has 0 saturated heterocycles. The van der Waals surface area contributed by atoms with Crippen LogP contribution in [0.25, 0.3) is 0 Å². The maximum atomic E-state index is 13.2. The van der Waals surface area contributed by atoms with Crippen molar-refractivity contribution in [2.24, 2.45) is 0 Å². The van der Waals surface area contributed by atoms with Crippen LogP contribution in [-0.4, -0.2) is 17.0 Å². The summed E-state index contributed by atoms with van der Waals surface area (Å²) in [6.45, 7) is 3.45. The average molecular weight is 329 g/mol. The maximum absolute atomic E-state index is 13.2. The van der Waals surface area contributed by atoms with Crippen molar-refractivity contribution >= 4 is 17.6 Å². The zero-order valence-corrected chi connectivity index (χ0v) is 13.6. The molecule has 0 radical (unpaired) electrons. The Labute approximate surface area is 140 Å². The number of rotatable bonds is 6. The standard InChI is InChI=1S/C19H20FNO3/c1-12(14-5-3-7-16(20)10-14)9-18(22)21-17-8-4-6-15(11-17)13(2)19(23)24/h3-8,10-13H,9H2,1-2H3,(H,21,22)(H,23,24). The molecule has 5 heteroatoms. The van der Waals surface area contributed by atoms with Crippen LogP contribution in [0.4, 0.5) is 10.1 Å². The van der Waals surface area contributed by atoms with E-state index in [1.807, 2.05) is 6.92 Å². The summed E-state index contributed by atoms with van der Waals surface area (Å²) in [5.41, 5.74) is 1.94. The molecule has 0 fully saturated rings. The molecule has 0 saturated carbocycles. The number of carbonyl (C=O) groups excluding carboxylic acids is 1. The summed E-state index contributed by atoms with van der Waals surface area (Å²) in [7, 11) is 0. The second-order valence-electron chi connectivity index (χ2n) is 5.89. The van der Waals surface area contributed by atoms with E-state index in [1.165, 1.54) is 12.1 Å². The maximum Gasteiger partial charge on any atom is 0.310 e. The highest BCUT2D eigenvalue weighted by Crippen LogP contribution is 2.22. The Bertz CT molecular complexity index is 745. The topological polar surface area (TPSA) is 66.4 Å². The fourth-order valence-electron chi connectivity index (χ4n) is 2.45. The summed E-state index contributed by atoms with van der Waals surface area (Å²) < 4.78 is 13.2. The van der Waals surface area contributed by atoms with Crippen molar-refractivity contribution in [3.63, 3.8) is 0 Å². The number of nitrogens with one attached hydrogen (secondary N) is 1. The van der Waals surface area contributed by atoms with Crippen molar-refractivity contribution in [1.82, 2.24) is 0 Å². The van der Waals surface area contributed by atoms with Gasteiger partial charge in [0.1, 0.15) is 5.82 Å². The van der Waals surface area contributed by atoms with Crippen LogP contribution in [0.3, 0.4) is 0 Å². The Morgan fingerprint density at radius 3 is 2.42 bits per heavy atom. The quantitative estimate of drug-likeness (QED) is 0.837. The van der Waals surface area contributed by atoms with Gasteiger partial charge in [0, 0.05) is 12.1 Å². The first-order chi connectivity index (χ1) is 11.4. The highest BCUT2D eigenvalue weighted by atomic mass is 19.1. The molecule has 0 aliphatic rings. The predicted octanol–water partition coefficient (Wildman–Crippen LogP) is 4.15. The van der Waals surface area contributed by atoms with Crippen molar-refractivity contribution < 1.29 is 19.1 Å². The lowest BCUT2D eigenvalue weighted by Crippen LogP contribution is -2.15.